The molecule has 11 aromatic carbocycles. The van der Waals surface area contributed by atoms with Crippen molar-refractivity contribution in [2.75, 3.05) is 4.90 Å². The number of furan rings is 1. The zero-order valence-corrected chi connectivity index (χ0v) is 35.4. The normalized spacial score (nSPS) is 11.7. The molecule has 3 heteroatoms. The lowest BCUT2D eigenvalue weighted by Crippen LogP contribution is -2.09. The molecule has 13 rings (SSSR count). The molecule has 3 nitrogen and oxygen atoms in total. The number of hydrogen-bond donors (Lipinski definition) is 0. The minimum Gasteiger partial charge on any atom is -0.456 e. The molecule has 0 radical (unpaired) electrons. The topological polar surface area (TPSA) is 21.3 Å². The number of benzene rings is 11. The van der Waals surface area contributed by atoms with Crippen molar-refractivity contribution in [3.63, 3.8) is 0 Å². The van der Waals surface area contributed by atoms with Crippen molar-refractivity contribution in [2.24, 2.45) is 0 Å². The minimum absolute atomic E-state index is 0.900. The highest BCUT2D eigenvalue weighted by Crippen LogP contribution is 2.41. The molecule has 0 N–H and O–H groups in total. The first-order valence-corrected chi connectivity index (χ1v) is 22.2. The standard InChI is InChI=1S/C62H40N2O/c1-2-13-53-44(10-1)20-21-48-39-52(35-37-54(48)53)63(50-31-24-43(25-32-50)47-28-36-58-57-16-5-8-19-61(57)65-62(58)40-47)49-29-22-41(23-30-49)45-11-9-12-46(38-45)42-26-33-51(34-27-42)64-59-17-6-3-14-55(59)56-15-4-7-18-60(56)64/h1-40H. The Morgan fingerprint density at radius 3 is 1.43 bits per heavy atom. The van der Waals surface area contributed by atoms with Crippen LogP contribution in [0.3, 0.4) is 0 Å². The summed E-state index contributed by atoms with van der Waals surface area (Å²) in [5.74, 6) is 0. The third kappa shape index (κ3) is 6.28. The van der Waals surface area contributed by atoms with Gasteiger partial charge >= 0.3 is 0 Å². The summed E-state index contributed by atoms with van der Waals surface area (Å²) in [6, 6.07) is 87.8. The Labute approximate surface area is 376 Å². The molecule has 0 fully saturated rings. The molecule has 2 heterocycles. The van der Waals surface area contributed by atoms with E-state index in [1.807, 2.05) is 12.1 Å². The Hall–Kier alpha value is -8.66. The van der Waals surface area contributed by atoms with E-state index < -0.39 is 0 Å². The lowest BCUT2D eigenvalue weighted by Gasteiger charge is -2.26. The highest BCUT2D eigenvalue weighted by atomic mass is 16.3. The van der Waals surface area contributed by atoms with Gasteiger partial charge in [0.2, 0.25) is 0 Å². The van der Waals surface area contributed by atoms with Crippen molar-refractivity contribution in [1.82, 2.24) is 4.57 Å². The maximum Gasteiger partial charge on any atom is 0.136 e. The molecular formula is C62H40N2O. The van der Waals surface area contributed by atoms with Crippen LogP contribution >= 0.6 is 0 Å². The fraction of sp³-hybridized carbons (Fsp3) is 0. The number of fused-ring (bicyclic) bond motifs is 9. The van der Waals surface area contributed by atoms with Crippen LogP contribution in [0.25, 0.3) is 104 Å². The van der Waals surface area contributed by atoms with Crippen LogP contribution < -0.4 is 4.90 Å². The molecule has 0 aliphatic heterocycles. The van der Waals surface area contributed by atoms with Gasteiger partial charge in [-0.25, -0.2) is 0 Å². The van der Waals surface area contributed by atoms with Crippen molar-refractivity contribution >= 4 is 82.4 Å². The second-order valence-corrected chi connectivity index (χ2v) is 16.9. The second-order valence-electron chi connectivity index (χ2n) is 16.9. The van der Waals surface area contributed by atoms with E-state index >= 15 is 0 Å². The molecule has 0 unspecified atom stereocenters. The van der Waals surface area contributed by atoms with E-state index in [-0.39, 0.29) is 0 Å². The fourth-order valence-corrected chi connectivity index (χ4v) is 9.98. The lowest BCUT2D eigenvalue weighted by atomic mass is 9.98. The molecule has 65 heavy (non-hydrogen) atoms. The van der Waals surface area contributed by atoms with Gasteiger partial charge in [0.15, 0.2) is 0 Å². The van der Waals surface area contributed by atoms with E-state index in [0.29, 0.717) is 0 Å². The summed E-state index contributed by atoms with van der Waals surface area (Å²) in [6.07, 6.45) is 0. The summed E-state index contributed by atoms with van der Waals surface area (Å²) >= 11 is 0. The third-order valence-corrected chi connectivity index (χ3v) is 13.2. The van der Waals surface area contributed by atoms with E-state index in [1.54, 1.807) is 0 Å². The van der Waals surface area contributed by atoms with Crippen LogP contribution in [-0.2, 0) is 0 Å². The highest BCUT2D eigenvalue weighted by Gasteiger charge is 2.17. The quantitative estimate of drug-likeness (QED) is 0.149. The average Bonchev–Trinajstić information content (AvgIpc) is 3.92. The monoisotopic (exact) mass is 828 g/mol. The van der Waals surface area contributed by atoms with Crippen molar-refractivity contribution in [3.05, 3.63) is 243 Å². The molecule has 13 aromatic rings. The van der Waals surface area contributed by atoms with Crippen LogP contribution in [0.15, 0.2) is 247 Å². The van der Waals surface area contributed by atoms with E-state index in [1.165, 1.54) is 65.6 Å². The first kappa shape index (κ1) is 36.9. The summed E-state index contributed by atoms with van der Waals surface area (Å²) in [7, 11) is 0. The van der Waals surface area contributed by atoms with Crippen molar-refractivity contribution in [2.45, 2.75) is 0 Å². The molecule has 304 valence electrons. The lowest BCUT2D eigenvalue weighted by molar-refractivity contribution is 0.669. The van der Waals surface area contributed by atoms with Gasteiger partial charge in [-0.15, -0.1) is 0 Å². The maximum absolute atomic E-state index is 6.26. The van der Waals surface area contributed by atoms with Gasteiger partial charge in [0, 0.05) is 44.3 Å². The smallest absolute Gasteiger partial charge is 0.136 e. The number of para-hydroxylation sites is 3. The van der Waals surface area contributed by atoms with Gasteiger partial charge < -0.3 is 13.9 Å². The summed E-state index contributed by atoms with van der Waals surface area (Å²) < 4.78 is 8.62. The van der Waals surface area contributed by atoms with E-state index in [9.17, 15) is 0 Å². The summed E-state index contributed by atoms with van der Waals surface area (Å²) in [5, 5.41) is 9.79. The first-order valence-electron chi connectivity index (χ1n) is 22.2. The molecule has 2 aromatic heterocycles. The minimum atomic E-state index is 0.900. The largest absolute Gasteiger partial charge is 0.456 e. The van der Waals surface area contributed by atoms with Gasteiger partial charge in [-0.1, -0.05) is 158 Å². The SMILES string of the molecule is c1cc(-c2ccc(N(c3ccc(-c4ccc5c(c4)oc4ccccc45)cc3)c3ccc4c(ccc5ccccc54)c3)cc2)cc(-c2ccc(-n3c4ccccc4c4ccccc43)cc2)c1. The molecule has 0 aliphatic rings. The van der Waals surface area contributed by atoms with Gasteiger partial charge in [0.25, 0.3) is 0 Å². The molecule has 0 aliphatic carbocycles. The second kappa shape index (κ2) is 15.0. The highest BCUT2D eigenvalue weighted by molar-refractivity contribution is 6.10. The van der Waals surface area contributed by atoms with Crippen LogP contribution in [0.2, 0.25) is 0 Å². The zero-order valence-electron chi connectivity index (χ0n) is 35.4. The molecule has 0 spiro atoms. The van der Waals surface area contributed by atoms with Gasteiger partial charge in [0.05, 0.1) is 11.0 Å². The molecule has 0 saturated carbocycles. The fourth-order valence-electron chi connectivity index (χ4n) is 9.98. The van der Waals surface area contributed by atoms with Crippen LogP contribution in [0.5, 0.6) is 0 Å². The molecular weight excluding hydrogens is 789 g/mol. The van der Waals surface area contributed by atoms with Crippen molar-refractivity contribution in [1.29, 1.82) is 0 Å². The van der Waals surface area contributed by atoms with Gasteiger partial charge in [-0.2, -0.15) is 0 Å². The van der Waals surface area contributed by atoms with Crippen LogP contribution in [-0.4, -0.2) is 4.57 Å². The maximum atomic E-state index is 6.26. The predicted octanol–water partition coefficient (Wildman–Crippen LogP) is 17.5. The zero-order chi connectivity index (χ0) is 42.8. The van der Waals surface area contributed by atoms with Gasteiger partial charge in [-0.3, -0.25) is 0 Å². The Bertz CT molecular complexity index is 3880. The Balaban J connectivity index is 0.841. The number of rotatable bonds is 7. The van der Waals surface area contributed by atoms with Gasteiger partial charge in [-0.05, 0) is 140 Å². The van der Waals surface area contributed by atoms with E-state index in [0.717, 1.165) is 55.8 Å². The predicted molar refractivity (Wildman–Crippen MR) is 274 cm³/mol. The van der Waals surface area contributed by atoms with Crippen molar-refractivity contribution < 1.29 is 4.42 Å². The third-order valence-electron chi connectivity index (χ3n) is 13.2. The number of anilines is 3. The summed E-state index contributed by atoms with van der Waals surface area (Å²) in [4.78, 5) is 2.36. The molecule has 0 saturated heterocycles. The van der Waals surface area contributed by atoms with E-state index in [4.69, 9.17) is 4.42 Å². The Morgan fingerprint density at radius 1 is 0.277 bits per heavy atom. The van der Waals surface area contributed by atoms with Crippen LogP contribution in [0, 0.1) is 0 Å². The summed E-state index contributed by atoms with van der Waals surface area (Å²) in [5.41, 5.74) is 15.6. The van der Waals surface area contributed by atoms with E-state index in [2.05, 4.69) is 240 Å². The van der Waals surface area contributed by atoms with Crippen LogP contribution in [0.4, 0.5) is 17.1 Å². The van der Waals surface area contributed by atoms with Crippen LogP contribution in [0.1, 0.15) is 0 Å². The average molecular weight is 829 g/mol. The Kier molecular flexibility index (Phi) is 8.53. The number of hydrogen-bond acceptors (Lipinski definition) is 2. The van der Waals surface area contributed by atoms with Crippen molar-refractivity contribution in [3.8, 4) is 39.1 Å². The summed E-state index contributed by atoms with van der Waals surface area (Å²) in [6.45, 7) is 0. The first-order chi connectivity index (χ1) is 32.2. The molecule has 0 amide bonds. The number of nitrogens with zero attached hydrogens (tertiary/aromatic N) is 2. The molecule has 0 bridgehead atoms. The number of aromatic nitrogens is 1. The van der Waals surface area contributed by atoms with Gasteiger partial charge in [0.1, 0.15) is 11.2 Å². The molecule has 0 atom stereocenters. The Morgan fingerprint density at radius 2 is 0.754 bits per heavy atom.